The van der Waals surface area contributed by atoms with Gasteiger partial charge in [-0.05, 0) is 41.1 Å². The number of hydrogen-bond acceptors (Lipinski definition) is 2. The van der Waals surface area contributed by atoms with Crippen molar-refractivity contribution >= 4 is 21.6 Å². The molecule has 0 aliphatic rings. The van der Waals surface area contributed by atoms with E-state index < -0.39 is 0 Å². The Kier molecular flexibility index (Phi) is 3.69. The lowest BCUT2D eigenvalue weighted by Crippen LogP contribution is -2.19. The van der Waals surface area contributed by atoms with Gasteiger partial charge in [-0.25, -0.2) is 4.39 Å². The topological polar surface area (TPSA) is 32.3 Å². The summed E-state index contributed by atoms with van der Waals surface area (Å²) in [5.41, 5.74) is 0.781. The van der Waals surface area contributed by atoms with E-state index in [0.717, 1.165) is 5.69 Å². The second-order valence-corrected chi connectivity index (χ2v) is 3.71. The van der Waals surface area contributed by atoms with Gasteiger partial charge in [-0.3, -0.25) is 0 Å². The lowest BCUT2D eigenvalue weighted by Gasteiger charge is -2.13. The molecular weight excluding hydrogens is 237 g/mol. The Hall–Kier alpha value is -0.610. The van der Waals surface area contributed by atoms with Gasteiger partial charge in [-0.1, -0.05) is 0 Å². The Morgan fingerprint density at radius 2 is 2.31 bits per heavy atom. The fourth-order valence-corrected chi connectivity index (χ4v) is 1.38. The minimum atomic E-state index is -0.283. The van der Waals surface area contributed by atoms with E-state index in [1.807, 2.05) is 6.92 Å². The first-order chi connectivity index (χ1) is 6.13. The molecule has 0 fully saturated rings. The van der Waals surface area contributed by atoms with Crippen LogP contribution in [0.2, 0.25) is 0 Å². The normalized spacial score (nSPS) is 12.6. The van der Waals surface area contributed by atoms with Crippen molar-refractivity contribution in [1.29, 1.82) is 0 Å². The maximum Gasteiger partial charge on any atom is 0.124 e. The molecule has 1 aromatic rings. The van der Waals surface area contributed by atoms with Crippen LogP contribution in [-0.4, -0.2) is 17.8 Å². The molecular formula is C9H11BrFNO. The van der Waals surface area contributed by atoms with E-state index in [-0.39, 0.29) is 18.5 Å². The average molecular weight is 248 g/mol. The summed E-state index contributed by atoms with van der Waals surface area (Å²) in [6.45, 7) is 1.89. The summed E-state index contributed by atoms with van der Waals surface area (Å²) in [4.78, 5) is 0. The lowest BCUT2D eigenvalue weighted by atomic mass is 10.2. The fraction of sp³-hybridized carbons (Fsp3) is 0.333. The van der Waals surface area contributed by atoms with Gasteiger partial charge >= 0.3 is 0 Å². The van der Waals surface area contributed by atoms with E-state index in [1.165, 1.54) is 12.1 Å². The second kappa shape index (κ2) is 4.58. The highest BCUT2D eigenvalue weighted by Gasteiger charge is 2.04. The number of halogens is 2. The van der Waals surface area contributed by atoms with Crippen LogP contribution in [0.4, 0.5) is 10.1 Å². The molecule has 1 atom stereocenters. The van der Waals surface area contributed by atoms with Gasteiger partial charge in [-0.15, -0.1) is 0 Å². The minimum Gasteiger partial charge on any atom is -0.394 e. The molecule has 0 radical (unpaired) electrons. The van der Waals surface area contributed by atoms with E-state index in [9.17, 15) is 4.39 Å². The summed E-state index contributed by atoms with van der Waals surface area (Å²) in [6.07, 6.45) is 0. The molecule has 0 saturated heterocycles. The van der Waals surface area contributed by atoms with Crippen LogP contribution < -0.4 is 5.32 Å². The van der Waals surface area contributed by atoms with Gasteiger partial charge in [0.2, 0.25) is 0 Å². The SMILES string of the molecule is CC(CO)Nc1ccc(F)cc1Br. The summed E-state index contributed by atoms with van der Waals surface area (Å²) in [5, 5.41) is 11.8. The van der Waals surface area contributed by atoms with Crippen LogP contribution in [0.5, 0.6) is 0 Å². The van der Waals surface area contributed by atoms with Crippen LogP contribution in [0.3, 0.4) is 0 Å². The quantitative estimate of drug-likeness (QED) is 0.860. The zero-order valence-corrected chi connectivity index (χ0v) is 8.81. The molecule has 0 aliphatic carbocycles. The lowest BCUT2D eigenvalue weighted by molar-refractivity contribution is 0.281. The van der Waals surface area contributed by atoms with E-state index in [2.05, 4.69) is 21.2 Å². The molecule has 0 aliphatic heterocycles. The van der Waals surface area contributed by atoms with E-state index >= 15 is 0 Å². The highest BCUT2D eigenvalue weighted by Crippen LogP contribution is 2.23. The van der Waals surface area contributed by atoms with Crippen molar-refractivity contribution in [3.63, 3.8) is 0 Å². The molecule has 0 saturated carbocycles. The second-order valence-electron chi connectivity index (χ2n) is 2.85. The molecule has 0 aromatic heterocycles. The van der Waals surface area contributed by atoms with Crippen LogP contribution in [0.1, 0.15) is 6.92 Å². The molecule has 2 N–H and O–H groups in total. The van der Waals surface area contributed by atoms with E-state index in [4.69, 9.17) is 5.11 Å². The van der Waals surface area contributed by atoms with Gasteiger partial charge in [-0.2, -0.15) is 0 Å². The minimum absolute atomic E-state index is 0.0400. The number of benzene rings is 1. The molecule has 72 valence electrons. The molecule has 1 aromatic carbocycles. The zero-order valence-electron chi connectivity index (χ0n) is 7.22. The third kappa shape index (κ3) is 2.97. The maximum absolute atomic E-state index is 12.7. The predicted molar refractivity (Wildman–Crippen MR) is 54.3 cm³/mol. The van der Waals surface area contributed by atoms with Crippen molar-refractivity contribution in [2.45, 2.75) is 13.0 Å². The molecule has 1 unspecified atom stereocenters. The van der Waals surface area contributed by atoms with E-state index in [0.29, 0.717) is 4.47 Å². The summed E-state index contributed by atoms with van der Waals surface area (Å²) >= 11 is 3.22. The van der Waals surface area contributed by atoms with Crippen LogP contribution >= 0.6 is 15.9 Å². The van der Waals surface area contributed by atoms with Gasteiger partial charge in [0.05, 0.1) is 6.61 Å². The van der Waals surface area contributed by atoms with Crippen LogP contribution in [0.15, 0.2) is 22.7 Å². The maximum atomic E-state index is 12.7. The van der Waals surface area contributed by atoms with Crippen molar-refractivity contribution in [3.8, 4) is 0 Å². The molecule has 4 heteroatoms. The Bertz CT molecular complexity index is 293. The third-order valence-corrected chi connectivity index (χ3v) is 2.26. The molecule has 0 spiro atoms. The number of nitrogens with one attached hydrogen (secondary N) is 1. The van der Waals surface area contributed by atoms with Crippen LogP contribution in [0, 0.1) is 5.82 Å². The van der Waals surface area contributed by atoms with Crippen molar-refractivity contribution in [3.05, 3.63) is 28.5 Å². The predicted octanol–water partition coefficient (Wildman–Crippen LogP) is 2.38. The molecule has 13 heavy (non-hydrogen) atoms. The van der Waals surface area contributed by atoms with Crippen LogP contribution in [0.25, 0.3) is 0 Å². The summed E-state index contributed by atoms with van der Waals surface area (Å²) in [5.74, 6) is -0.283. The number of anilines is 1. The van der Waals surface area contributed by atoms with Gasteiger partial charge in [0, 0.05) is 16.2 Å². The van der Waals surface area contributed by atoms with Gasteiger partial charge in [0.1, 0.15) is 5.82 Å². The molecule has 0 heterocycles. The van der Waals surface area contributed by atoms with Gasteiger partial charge in [0.25, 0.3) is 0 Å². The van der Waals surface area contributed by atoms with Crippen molar-refractivity contribution < 1.29 is 9.50 Å². The number of aliphatic hydroxyl groups is 1. The van der Waals surface area contributed by atoms with Crippen molar-refractivity contribution in [2.75, 3.05) is 11.9 Å². The average Bonchev–Trinajstić information content (AvgIpc) is 2.09. The molecule has 2 nitrogen and oxygen atoms in total. The number of hydrogen-bond donors (Lipinski definition) is 2. The summed E-state index contributed by atoms with van der Waals surface area (Å²) in [6, 6.07) is 4.34. The Balaban J connectivity index is 2.77. The Morgan fingerprint density at radius 3 is 2.85 bits per heavy atom. The summed E-state index contributed by atoms with van der Waals surface area (Å²) in [7, 11) is 0. The Morgan fingerprint density at radius 1 is 1.62 bits per heavy atom. The monoisotopic (exact) mass is 247 g/mol. The first kappa shape index (κ1) is 10.5. The zero-order chi connectivity index (χ0) is 9.84. The first-order valence-corrected chi connectivity index (χ1v) is 4.75. The Labute approximate surface area is 84.9 Å². The van der Waals surface area contributed by atoms with Gasteiger partial charge in [0.15, 0.2) is 0 Å². The number of aliphatic hydroxyl groups excluding tert-OH is 1. The highest BCUT2D eigenvalue weighted by atomic mass is 79.9. The van der Waals surface area contributed by atoms with E-state index in [1.54, 1.807) is 6.07 Å². The van der Waals surface area contributed by atoms with Gasteiger partial charge < -0.3 is 10.4 Å². The summed E-state index contributed by atoms with van der Waals surface area (Å²) < 4.78 is 13.3. The standard InChI is InChI=1S/C9H11BrFNO/c1-6(5-13)12-9-3-2-7(11)4-8(9)10/h2-4,6,12-13H,5H2,1H3. The highest BCUT2D eigenvalue weighted by molar-refractivity contribution is 9.10. The smallest absolute Gasteiger partial charge is 0.124 e. The fourth-order valence-electron chi connectivity index (χ4n) is 0.918. The van der Waals surface area contributed by atoms with Crippen LogP contribution in [-0.2, 0) is 0 Å². The molecule has 1 rings (SSSR count). The molecule has 0 amide bonds. The third-order valence-electron chi connectivity index (χ3n) is 1.61. The van der Waals surface area contributed by atoms with Crippen molar-refractivity contribution in [1.82, 2.24) is 0 Å². The first-order valence-electron chi connectivity index (χ1n) is 3.96. The number of rotatable bonds is 3. The van der Waals surface area contributed by atoms with Crippen molar-refractivity contribution in [2.24, 2.45) is 0 Å². The molecule has 0 bridgehead atoms. The largest absolute Gasteiger partial charge is 0.394 e.